The van der Waals surface area contributed by atoms with Gasteiger partial charge in [-0.25, -0.2) is 9.37 Å². The van der Waals surface area contributed by atoms with E-state index in [1.54, 1.807) is 18.6 Å². The van der Waals surface area contributed by atoms with Crippen LogP contribution in [-0.4, -0.2) is 9.97 Å². The molecule has 1 aromatic carbocycles. The van der Waals surface area contributed by atoms with Gasteiger partial charge in [0, 0.05) is 11.9 Å². The van der Waals surface area contributed by atoms with Crippen molar-refractivity contribution in [3.63, 3.8) is 0 Å². The number of nitrogens with zero attached hydrogens (tertiary/aromatic N) is 1. The monoisotopic (exact) mass is 283 g/mol. The molecule has 0 amide bonds. The fourth-order valence-corrected chi connectivity index (χ4v) is 1.75. The maximum absolute atomic E-state index is 13.2. The summed E-state index contributed by atoms with van der Waals surface area (Å²) in [6.45, 7) is 2.50. The van der Waals surface area contributed by atoms with Crippen molar-refractivity contribution in [3.05, 3.63) is 46.2 Å². The van der Waals surface area contributed by atoms with E-state index in [1.807, 2.05) is 6.92 Å². The van der Waals surface area contributed by atoms with Crippen LogP contribution in [-0.2, 0) is 6.54 Å². The van der Waals surface area contributed by atoms with Crippen molar-refractivity contribution in [3.8, 4) is 0 Å². The summed E-state index contributed by atoms with van der Waals surface area (Å²) in [6.07, 6.45) is 3.38. The highest BCUT2D eigenvalue weighted by Crippen LogP contribution is 2.24. The van der Waals surface area contributed by atoms with Crippen LogP contribution >= 0.6 is 15.9 Å². The molecule has 0 unspecified atom stereocenters. The fourth-order valence-electron chi connectivity index (χ4n) is 1.41. The second kappa shape index (κ2) is 4.65. The van der Waals surface area contributed by atoms with E-state index in [1.165, 1.54) is 6.07 Å². The molecule has 0 aliphatic rings. The molecule has 0 aliphatic carbocycles. The molecule has 0 atom stereocenters. The van der Waals surface area contributed by atoms with Gasteiger partial charge in [-0.05, 0) is 40.5 Å². The van der Waals surface area contributed by atoms with Crippen molar-refractivity contribution in [2.75, 3.05) is 5.32 Å². The van der Waals surface area contributed by atoms with Crippen LogP contribution in [0.2, 0.25) is 0 Å². The van der Waals surface area contributed by atoms with E-state index < -0.39 is 0 Å². The molecule has 0 saturated carbocycles. The van der Waals surface area contributed by atoms with Crippen LogP contribution in [0.15, 0.2) is 29.1 Å². The summed E-state index contributed by atoms with van der Waals surface area (Å²) in [5, 5.41) is 3.22. The van der Waals surface area contributed by atoms with Crippen LogP contribution in [0.3, 0.4) is 0 Å². The van der Waals surface area contributed by atoms with Crippen molar-refractivity contribution in [2.45, 2.75) is 13.5 Å². The summed E-state index contributed by atoms with van der Waals surface area (Å²) in [4.78, 5) is 6.92. The number of imidazole rings is 1. The topological polar surface area (TPSA) is 40.7 Å². The quantitative estimate of drug-likeness (QED) is 0.908. The Balaban J connectivity index is 2.12. The average molecular weight is 284 g/mol. The number of H-pyrrole nitrogens is 1. The number of hydrogen-bond donors (Lipinski definition) is 2. The second-order valence-corrected chi connectivity index (χ2v) is 4.37. The molecular weight excluding hydrogens is 273 g/mol. The van der Waals surface area contributed by atoms with E-state index in [0.29, 0.717) is 11.0 Å². The smallest absolute Gasteiger partial charge is 0.137 e. The van der Waals surface area contributed by atoms with Crippen LogP contribution in [0.25, 0.3) is 0 Å². The number of rotatable bonds is 3. The minimum Gasteiger partial charge on any atom is -0.379 e. The van der Waals surface area contributed by atoms with E-state index >= 15 is 0 Å². The minimum atomic E-state index is -0.246. The minimum absolute atomic E-state index is 0.246. The molecule has 3 nitrogen and oxygen atoms in total. The van der Waals surface area contributed by atoms with Crippen LogP contribution < -0.4 is 5.32 Å². The normalized spacial score (nSPS) is 10.4. The number of benzene rings is 1. The van der Waals surface area contributed by atoms with E-state index in [-0.39, 0.29) is 5.82 Å². The summed E-state index contributed by atoms with van der Waals surface area (Å²) < 4.78 is 13.6. The Hall–Kier alpha value is -1.36. The van der Waals surface area contributed by atoms with Gasteiger partial charge in [-0.3, -0.25) is 0 Å². The van der Waals surface area contributed by atoms with Crippen molar-refractivity contribution in [1.29, 1.82) is 0 Å². The van der Waals surface area contributed by atoms with Gasteiger partial charge >= 0.3 is 0 Å². The molecule has 0 saturated heterocycles. The zero-order valence-electron chi connectivity index (χ0n) is 8.72. The van der Waals surface area contributed by atoms with E-state index in [0.717, 1.165) is 16.9 Å². The van der Waals surface area contributed by atoms with Crippen molar-refractivity contribution >= 4 is 21.6 Å². The van der Waals surface area contributed by atoms with Crippen LogP contribution in [0.1, 0.15) is 11.3 Å². The molecule has 2 N–H and O–H groups in total. The summed E-state index contributed by atoms with van der Waals surface area (Å²) in [5.74, 6) is -0.246. The van der Waals surface area contributed by atoms with Gasteiger partial charge in [0.2, 0.25) is 0 Å². The maximum atomic E-state index is 13.2. The lowest BCUT2D eigenvalue weighted by atomic mass is 10.2. The Morgan fingerprint density at radius 3 is 3.00 bits per heavy atom. The summed E-state index contributed by atoms with van der Waals surface area (Å²) in [6, 6.07) is 3.24. The van der Waals surface area contributed by atoms with Crippen molar-refractivity contribution < 1.29 is 4.39 Å². The van der Waals surface area contributed by atoms with Gasteiger partial charge in [-0.15, -0.1) is 0 Å². The summed E-state index contributed by atoms with van der Waals surface area (Å²) >= 11 is 3.16. The lowest BCUT2D eigenvalue weighted by Crippen LogP contribution is -2.01. The number of nitrogens with one attached hydrogen (secondary N) is 2. The van der Waals surface area contributed by atoms with Gasteiger partial charge in [-0.1, -0.05) is 0 Å². The molecule has 2 rings (SSSR count). The third-order valence-electron chi connectivity index (χ3n) is 2.29. The Morgan fingerprint density at radius 2 is 2.31 bits per heavy atom. The van der Waals surface area contributed by atoms with Crippen LogP contribution in [0.5, 0.6) is 0 Å². The number of hydrogen-bond acceptors (Lipinski definition) is 2. The Labute approximate surface area is 101 Å². The number of aryl methyl sites for hydroxylation is 1. The SMILES string of the molecule is Cc1cc(F)c(Br)cc1NCc1cnc[nH]1. The second-order valence-electron chi connectivity index (χ2n) is 3.51. The first-order chi connectivity index (χ1) is 7.66. The molecule has 16 heavy (non-hydrogen) atoms. The third-order valence-corrected chi connectivity index (χ3v) is 2.90. The molecule has 5 heteroatoms. The van der Waals surface area contributed by atoms with E-state index in [9.17, 15) is 4.39 Å². The van der Waals surface area contributed by atoms with Crippen LogP contribution in [0.4, 0.5) is 10.1 Å². The molecule has 0 aliphatic heterocycles. The maximum Gasteiger partial charge on any atom is 0.137 e. The molecule has 0 radical (unpaired) electrons. The highest BCUT2D eigenvalue weighted by molar-refractivity contribution is 9.10. The van der Waals surface area contributed by atoms with Gasteiger partial charge in [0.05, 0.1) is 23.0 Å². The number of aromatic nitrogens is 2. The first kappa shape index (κ1) is 11.1. The first-order valence-corrected chi connectivity index (χ1v) is 5.63. The molecule has 0 bridgehead atoms. The number of halogens is 2. The van der Waals surface area contributed by atoms with Gasteiger partial charge in [-0.2, -0.15) is 0 Å². The predicted octanol–water partition coefficient (Wildman–Crippen LogP) is 3.23. The first-order valence-electron chi connectivity index (χ1n) is 4.83. The lowest BCUT2D eigenvalue weighted by Gasteiger charge is -2.09. The van der Waals surface area contributed by atoms with Crippen LogP contribution in [0, 0.1) is 12.7 Å². The average Bonchev–Trinajstić information content (AvgIpc) is 2.74. The van der Waals surface area contributed by atoms with E-state index in [4.69, 9.17) is 0 Å². The molecule has 1 aromatic heterocycles. The number of anilines is 1. The van der Waals surface area contributed by atoms with Gasteiger partial charge in [0.15, 0.2) is 0 Å². The number of aromatic amines is 1. The zero-order chi connectivity index (χ0) is 11.5. The molecule has 0 fully saturated rings. The summed E-state index contributed by atoms with van der Waals surface area (Å²) in [5.41, 5.74) is 2.77. The van der Waals surface area contributed by atoms with Crippen molar-refractivity contribution in [1.82, 2.24) is 9.97 Å². The molecule has 84 valence electrons. The third kappa shape index (κ3) is 2.41. The molecular formula is C11H11BrFN3. The van der Waals surface area contributed by atoms with Gasteiger partial charge in [0.1, 0.15) is 5.82 Å². The lowest BCUT2D eigenvalue weighted by molar-refractivity contribution is 0.620. The standard InChI is InChI=1S/C11H11BrFN3/c1-7-2-10(13)9(12)3-11(7)15-5-8-4-14-6-16-8/h2-4,6,15H,5H2,1H3,(H,14,16). The Morgan fingerprint density at radius 1 is 1.50 bits per heavy atom. The highest BCUT2D eigenvalue weighted by Gasteiger charge is 2.05. The Bertz CT molecular complexity index is 482. The zero-order valence-corrected chi connectivity index (χ0v) is 10.3. The fraction of sp³-hybridized carbons (Fsp3) is 0.182. The molecule has 2 aromatic rings. The molecule has 1 heterocycles. The predicted molar refractivity (Wildman–Crippen MR) is 64.8 cm³/mol. The largest absolute Gasteiger partial charge is 0.379 e. The van der Waals surface area contributed by atoms with Crippen molar-refractivity contribution in [2.24, 2.45) is 0 Å². The highest BCUT2D eigenvalue weighted by atomic mass is 79.9. The van der Waals surface area contributed by atoms with Gasteiger partial charge in [0.25, 0.3) is 0 Å². The summed E-state index contributed by atoms with van der Waals surface area (Å²) in [7, 11) is 0. The van der Waals surface area contributed by atoms with Gasteiger partial charge < -0.3 is 10.3 Å². The molecule has 0 spiro atoms. The Kier molecular flexibility index (Phi) is 3.24. The van der Waals surface area contributed by atoms with E-state index in [2.05, 4.69) is 31.2 Å².